The summed E-state index contributed by atoms with van der Waals surface area (Å²) in [5.74, 6) is 0.664. The number of allylic oxidation sites excluding steroid dienone is 1. The van der Waals surface area contributed by atoms with Gasteiger partial charge in [-0.1, -0.05) is 29.8 Å². The Balaban J connectivity index is 1.77. The summed E-state index contributed by atoms with van der Waals surface area (Å²) in [5.41, 5.74) is 1.34. The van der Waals surface area contributed by atoms with E-state index in [1.165, 1.54) is 18.4 Å². The van der Waals surface area contributed by atoms with Gasteiger partial charge in [0.25, 0.3) is 5.91 Å². The summed E-state index contributed by atoms with van der Waals surface area (Å²) in [4.78, 5) is 11.9. The van der Waals surface area contributed by atoms with Gasteiger partial charge >= 0.3 is 0 Å². The fourth-order valence-electron chi connectivity index (χ4n) is 2.17. The van der Waals surface area contributed by atoms with Crippen LogP contribution in [0.1, 0.15) is 32.6 Å². The van der Waals surface area contributed by atoms with Crippen LogP contribution in [0, 0.1) is 0 Å². The number of para-hydroxylation sites is 1. The molecule has 1 N–H and O–H groups in total. The van der Waals surface area contributed by atoms with Gasteiger partial charge in [0, 0.05) is 6.54 Å². The lowest BCUT2D eigenvalue weighted by molar-refractivity contribution is -0.127. The Bertz CT molecular complexity index is 439. The summed E-state index contributed by atoms with van der Waals surface area (Å²) in [5, 5.41) is 2.94. The molecule has 1 atom stereocenters. The van der Waals surface area contributed by atoms with Crippen molar-refractivity contribution in [3.63, 3.8) is 0 Å². The highest BCUT2D eigenvalue weighted by Gasteiger charge is 2.14. The molecular formula is C16H21NO2. The Labute approximate surface area is 114 Å². The summed E-state index contributed by atoms with van der Waals surface area (Å²) in [6, 6.07) is 9.42. The van der Waals surface area contributed by atoms with E-state index in [2.05, 4.69) is 11.4 Å². The van der Waals surface area contributed by atoms with Gasteiger partial charge < -0.3 is 10.1 Å². The third-order valence-corrected chi connectivity index (χ3v) is 3.30. The monoisotopic (exact) mass is 259 g/mol. The molecule has 1 unspecified atom stereocenters. The highest BCUT2D eigenvalue weighted by molar-refractivity contribution is 5.80. The van der Waals surface area contributed by atoms with Gasteiger partial charge in [0.2, 0.25) is 0 Å². The SMILES string of the molecule is CC(Oc1ccccc1)C(=O)NCC1=CCCCC1. The molecule has 0 radical (unpaired) electrons. The van der Waals surface area contributed by atoms with Crippen LogP contribution in [0.15, 0.2) is 42.0 Å². The minimum Gasteiger partial charge on any atom is -0.481 e. The first kappa shape index (κ1) is 13.7. The van der Waals surface area contributed by atoms with Crippen molar-refractivity contribution in [1.29, 1.82) is 0 Å². The van der Waals surface area contributed by atoms with Crippen molar-refractivity contribution >= 4 is 5.91 Å². The molecule has 19 heavy (non-hydrogen) atoms. The molecule has 3 nitrogen and oxygen atoms in total. The summed E-state index contributed by atoms with van der Waals surface area (Å²) >= 11 is 0. The molecule has 0 saturated carbocycles. The number of hydrogen-bond donors (Lipinski definition) is 1. The lowest BCUT2D eigenvalue weighted by atomic mass is 10.00. The number of ether oxygens (including phenoxy) is 1. The molecule has 1 aromatic rings. The van der Waals surface area contributed by atoms with Crippen LogP contribution in [0.2, 0.25) is 0 Å². The van der Waals surface area contributed by atoms with Gasteiger partial charge in [0.05, 0.1) is 0 Å². The number of hydrogen-bond acceptors (Lipinski definition) is 2. The zero-order valence-corrected chi connectivity index (χ0v) is 11.4. The molecule has 0 heterocycles. The van der Waals surface area contributed by atoms with Crippen LogP contribution in [0.5, 0.6) is 5.75 Å². The van der Waals surface area contributed by atoms with Crippen LogP contribution in [0.4, 0.5) is 0 Å². The van der Waals surface area contributed by atoms with Crippen molar-refractivity contribution in [2.24, 2.45) is 0 Å². The van der Waals surface area contributed by atoms with Gasteiger partial charge in [-0.25, -0.2) is 0 Å². The third kappa shape index (κ3) is 4.43. The van der Waals surface area contributed by atoms with Gasteiger partial charge in [-0.15, -0.1) is 0 Å². The molecule has 0 aliphatic heterocycles. The normalized spacial score (nSPS) is 16.4. The Kier molecular flexibility index (Phi) is 5.01. The first-order chi connectivity index (χ1) is 9.25. The topological polar surface area (TPSA) is 38.3 Å². The molecule has 0 bridgehead atoms. The highest BCUT2D eigenvalue weighted by atomic mass is 16.5. The van der Waals surface area contributed by atoms with E-state index in [-0.39, 0.29) is 5.91 Å². The molecule has 0 fully saturated rings. The maximum absolute atomic E-state index is 11.9. The second kappa shape index (κ2) is 6.98. The van der Waals surface area contributed by atoms with E-state index in [0.29, 0.717) is 6.54 Å². The van der Waals surface area contributed by atoms with Gasteiger partial charge in [0.1, 0.15) is 5.75 Å². The van der Waals surface area contributed by atoms with E-state index in [1.807, 2.05) is 30.3 Å². The average molecular weight is 259 g/mol. The quantitative estimate of drug-likeness (QED) is 0.825. The molecule has 0 aromatic heterocycles. The van der Waals surface area contributed by atoms with Gasteiger partial charge in [-0.3, -0.25) is 4.79 Å². The van der Waals surface area contributed by atoms with Crippen molar-refractivity contribution in [3.8, 4) is 5.75 Å². The minimum absolute atomic E-state index is 0.0599. The van der Waals surface area contributed by atoms with Crippen LogP contribution in [-0.4, -0.2) is 18.6 Å². The standard InChI is InChI=1S/C16H21NO2/c1-13(19-15-10-6-3-7-11-15)16(18)17-12-14-8-4-2-5-9-14/h3,6-8,10-11,13H,2,4-5,9,12H2,1H3,(H,17,18). The number of nitrogens with one attached hydrogen (secondary N) is 1. The summed E-state index contributed by atoms with van der Waals surface area (Å²) in [6.07, 6.45) is 6.52. The number of carbonyl (C=O) groups excluding carboxylic acids is 1. The molecular weight excluding hydrogens is 238 g/mol. The highest BCUT2D eigenvalue weighted by Crippen LogP contribution is 2.16. The van der Waals surface area contributed by atoms with Crippen molar-refractivity contribution in [2.45, 2.75) is 38.7 Å². The minimum atomic E-state index is -0.466. The van der Waals surface area contributed by atoms with Crippen LogP contribution in [0.25, 0.3) is 0 Å². The van der Waals surface area contributed by atoms with E-state index in [1.54, 1.807) is 6.92 Å². The fraction of sp³-hybridized carbons (Fsp3) is 0.438. The van der Waals surface area contributed by atoms with Crippen molar-refractivity contribution in [1.82, 2.24) is 5.32 Å². The fourth-order valence-corrected chi connectivity index (χ4v) is 2.17. The van der Waals surface area contributed by atoms with Crippen molar-refractivity contribution in [3.05, 3.63) is 42.0 Å². The van der Waals surface area contributed by atoms with Crippen molar-refractivity contribution in [2.75, 3.05) is 6.54 Å². The molecule has 102 valence electrons. The number of rotatable bonds is 5. The summed E-state index contributed by atoms with van der Waals surface area (Å²) < 4.78 is 5.58. The van der Waals surface area contributed by atoms with Gasteiger partial charge in [-0.2, -0.15) is 0 Å². The number of benzene rings is 1. The molecule has 3 heteroatoms. The third-order valence-electron chi connectivity index (χ3n) is 3.30. The zero-order valence-electron chi connectivity index (χ0n) is 11.4. The van der Waals surface area contributed by atoms with Crippen LogP contribution in [-0.2, 0) is 4.79 Å². The molecule has 2 rings (SSSR count). The van der Waals surface area contributed by atoms with E-state index in [9.17, 15) is 4.79 Å². The van der Waals surface area contributed by atoms with E-state index < -0.39 is 6.10 Å². The molecule has 1 aliphatic carbocycles. The number of amides is 1. The zero-order chi connectivity index (χ0) is 13.5. The van der Waals surface area contributed by atoms with Crippen molar-refractivity contribution < 1.29 is 9.53 Å². The van der Waals surface area contributed by atoms with Gasteiger partial charge in [-0.05, 0) is 44.7 Å². The predicted octanol–water partition coefficient (Wildman–Crippen LogP) is 3.07. The average Bonchev–Trinajstić information content (AvgIpc) is 2.47. The molecule has 0 saturated heterocycles. The summed E-state index contributed by atoms with van der Waals surface area (Å²) in [7, 11) is 0. The molecule has 1 amide bonds. The Morgan fingerprint density at radius 1 is 1.32 bits per heavy atom. The first-order valence-electron chi connectivity index (χ1n) is 6.93. The van der Waals surface area contributed by atoms with E-state index in [0.717, 1.165) is 18.6 Å². The lowest BCUT2D eigenvalue weighted by Gasteiger charge is -2.17. The van der Waals surface area contributed by atoms with Crippen LogP contribution >= 0.6 is 0 Å². The number of carbonyl (C=O) groups is 1. The Morgan fingerprint density at radius 2 is 2.11 bits per heavy atom. The first-order valence-corrected chi connectivity index (χ1v) is 6.93. The molecule has 1 aliphatic rings. The van der Waals surface area contributed by atoms with E-state index >= 15 is 0 Å². The Hall–Kier alpha value is -1.77. The second-order valence-electron chi connectivity index (χ2n) is 4.90. The Morgan fingerprint density at radius 3 is 2.79 bits per heavy atom. The predicted molar refractivity (Wildman–Crippen MR) is 76.1 cm³/mol. The second-order valence-corrected chi connectivity index (χ2v) is 4.90. The largest absolute Gasteiger partial charge is 0.481 e. The van der Waals surface area contributed by atoms with Gasteiger partial charge in [0.15, 0.2) is 6.10 Å². The smallest absolute Gasteiger partial charge is 0.261 e. The molecule has 0 spiro atoms. The maximum Gasteiger partial charge on any atom is 0.261 e. The maximum atomic E-state index is 11.9. The van der Waals surface area contributed by atoms with E-state index in [4.69, 9.17) is 4.74 Å². The summed E-state index contributed by atoms with van der Waals surface area (Å²) in [6.45, 7) is 2.43. The van der Waals surface area contributed by atoms with Crippen LogP contribution in [0.3, 0.4) is 0 Å². The molecule has 1 aromatic carbocycles. The van der Waals surface area contributed by atoms with Crippen LogP contribution < -0.4 is 10.1 Å². The lowest BCUT2D eigenvalue weighted by Crippen LogP contribution is -2.37.